The van der Waals surface area contributed by atoms with Gasteiger partial charge >= 0.3 is 0 Å². The quantitative estimate of drug-likeness (QED) is 0.640. The summed E-state index contributed by atoms with van der Waals surface area (Å²) in [5.41, 5.74) is 3.77. The zero-order valence-corrected chi connectivity index (χ0v) is 17.9. The lowest BCUT2D eigenvalue weighted by molar-refractivity contribution is -0.134. The van der Waals surface area contributed by atoms with Gasteiger partial charge in [-0.15, -0.1) is 0 Å². The van der Waals surface area contributed by atoms with Crippen molar-refractivity contribution in [3.63, 3.8) is 0 Å². The van der Waals surface area contributed by atoms with E-state index in [4.69, 9.17) is 0 Å². The lowest BCUT2D eigenvalue weighted by Gasteiger charge is -2.23. The molecule has 7 nitrogen and oxygen atoms in total. The van der Waals surface area contributed by atoms with Crippen molar-refractivity contribution in [3.8, 4) is 11.1 Å². The first kappa shape index (κ1) is 20.8. The van der Waals surface area contributed by atoms with Gasteiger partial charge in [0.2, 0.25) is 5.91 Å². The predicted molar refractivity (Wildman–Crippen MR) is 118 cm³/mol. The van der Waals surface area contributed by atoms with Gasteiger partial charge in [-0.2, -0.15) is 5.10 Å². The monoisotopic (exact) mass is 417 g/mol. The maximum absolute atomic E-state index is 13.2. The van der Waals surface area contributed by atoms with Crippen LogP contribution in [-0.4, -0.2) is 62.6 Å². The van der Waals surface area contributed by atoms with Crippen molar-refractivity contribution in [2.45, 2.75) is 13.3 Å². The zero-order valence-electron chi connectivity index (χ0n) is 17.9. The molecule has 0 saturated carbocycles. The first-order valence-corrected chi connectivity index (χ1v) is 10.6. The van der Waals surface area contributed by atoms with Gasteiger partial charge in [0.25, 0.3) is 5.91 Å². The number of nitrogens with zero attached hydrogens (tertiary/aromatic N) is 5. The van der Waals surface area contributed by atoms with Gasteiger partial charge in [0, 0.05) is 51.8 Å². The molecule has 0 bridgehead atoms. The fourth-order valence-corrected chi connectivity index (χ4v) is 4.09. The van der Waals surface area contributed by atoms with E-state index in [1.54, 1.807) is 35.1 Å². The van der Waals surface area contributed by atoms with Crippen molar-refractivity contribution in [1.82, 2.24) is 24.6 Å². The Labute approximate surface area is 182 Å². The van der Waals surface area contributed by atoms with Crippen LogP contribution < -0.4 is 0 Å². The topological polar surface area (TPSA) is 71.3 Å². The smallest absolute Gasteiger partial charge is 0.272 e. The number of hydrogen-bond donors (Lipinski definition) is 0. The third-order valence-corrected chi connectivity index (χ3v) is 5.88. The van der Waals surface area contributed by atoms with E-state index in [0.29, 0.717) is 38.3 Å². The van der Waals surface area contributed by atoms with Crippen LogP contribution in [0.4, 0.5) is 0 Å². The molecule has 1 saturated heterocycles. The molecule has 1 aliphatic rings. The molecule has 0 unspecified atom stereocenters. The van der Waals surface area contributed by atoms with E-state index in [2.05, 4.69) is 34.3 Å². The Bertz CT molecular complexity index is 1050. The van der Waals surface area contributed by atoms with Crippen LogP contribution in [0.25, 0.3) is 11.1 Å². The molecule has 2 amide bonds. The number of amides is 2. The Morgan fingerprint density at radius 3 is 2.52 bits per heavy atom. The van der Waals surface area contributed by atoms with Crippen LogP contribution in [-0.2, 0) is 18.3 Å². The number of aromatic nitrogens is 3. The highest BCUT2D eigenvalue weighted by Gasteiger charge is 2.32. The normalized spacial score (nSPS) is 17.0. The van der Waals surface area contributed by atoms with Gasteiger partial charge in [-0.1, -0.05) is 30.3 Å². The SMILES string of the molecule is CCN1CCN(C(=O)c2ccnn2C)C[C@@H](Cc2ccc(-c3cccnc3)cc2)C1=O. The van der Waals surface area contributed by atoms with Gasteiger partial charge in [-0.3, -0.25) is 19.3 Å². The van der Waals surface area contributed by atoms with E-state index < -0.39 is 0 Å². The van der Waals surface area contributed by atoms with Gasteiger partial charge in [-0.25, -0.2) is 0 Å². The second kappa shape index (κ2) is 9.12. The first-order valence-electron chi connectivity index (χ1n) is 10.6. The summed E-state index contributed by atoms with van der Waals surface area (Å²) in [6.45, 7) is 4.11. The Morgan fingerprint density at radius 2 is 1.87 bits per heavy atom. The number of pyridine rings is 1. The lowest BCUT2D eigenvalue weighted by atomic mass is 9.96. The second-order valence-corrected chi connectivity index (χ2v) is 7.85. The van der Waals surface area contributed by atoms with Crippen molar-refractivity contribution in [2.24, 2.45) is 13.0 Å². The highest BCUT2D eigenvalue weighted by Crippen LogP contribution is 2.22. The number of aryl methyl sites for hydroxylation is 1. The maximum atomic E-state index is 13.2. The summed E-state index contributed by atoms with van der Waals surface area (Å²) in [5, 5.41) is 4.11. The van der Waals surface area contributed by atoms with Crippen LogP contribution >= 0.6 is 0 Å². The molecule has 31 heavy (non-hydrogen) atoms. The minimum Gasteiger partial charge on any atom is -0.341 e. The summed E-state index contributed by atoms with van der Waals surface area (Å²) in [5.74, 6) is -0.245. The van der Waals surface area contributed by atoms with Crippen molar-refractivity contribution in [3.05, 3.63) is 72.3 Å². The van der Waals surface area contributed by atoms with E-state index in [1.165, 1.54) is 0 Å². The third kappa shape index (κ3) is 4.50. The van der Waals surface area contributed by atoms with Gasteiger partial charge in [0.15, 0.2) is 0 Å². The average Bonchev–Trinajstić information content (AvgIpc) is 3.17. The molecule has 1 aromatic carbocycles. The Morgan fingerprint density at radius 1 is 1.06 bits per heavy atom. The number of carbonyl (C=O) groups excluding carboxylic acids is 2. The van der Waals surface area contributed by atoms with Gasteiger partial charge in [-0.05, 0) is 42.2 Å². The van der Waals surface area contributed by atoms with E-state index in [-0.39, 0.29) is 17.7 Å². The molecule has 160 valence electrons. The molecule has 3 aromatic rings. The highest BCUT2D eigenvalue weighted by molar-refractivity contribution is 5.93. The molecule has 2 aromatic heterocycles. The summed E-state index contributed by atoms with van der Waals surface area (Å²) < 4.78 is 1.58. The molecular weight excluding hydrogens is 390 g/mol. The highest BCUT2D eigenvalue weighted by atomic mass is 16.2. The molecule has 0 spiro atoms. The van der Waals surface area contributed by atoms with Crippen LogP contribution in [0.2, 0.25) is 0 Å². The largest absolute Gasteiger partial charge is 0.341 e. The molecule has 3 heterocycles. The van der Waals surface area contributed by atoms with Crippen molar-refractivity contribution < 1.29 is 9.59 Å². The van der Waals surface area contributed by atoms with Crippen LogP contribution in [0.5, 0.6) is 0 Å². The van der Waals surface area contributed by atoms with Gasteiger partial charge in [0.05, 0.1) is 5.92 Å². The Hall–Kier alpha value is -3.48. The molecule has 0 N–H and O–H groups in total. The van der Waals surface area contributed by atoms with Crippen molar-refractivity contribution in [1.29, 1.82) is 0 Å². The molecular formula is C24H27N5O2. The van der Waals surface area contributed by atoms with Crippen molar-refractivity contribution >= 4 is 11.8 Å². The minimum atomic E-state index is -0.274. The summed E-state index contributed by atoms with van der Waals surface area (Å²) in [6.07, 6.45) is 5.81. The Balaban J connectivity index is 1.53. The van der Waals surface area contributed by atoms with Gasteiger partial charge < -0.3 is 9.80 Å². The van der Waals surface area contributed by atoms with Crippen LogP contribution in [0.15, 0.2) is 61.1 Å². The zero-order chi connectivity index (χ0) is 21.8. The summed E-state index contributed by atoms with van der Waals surface area (Å²) in [6, 6.07) is 13.9. The summed E-state index contributed by atoms with van der Waals surface area (Å²) in [7, 11) is 1.76. The third-order valence-electron chi connectivity index (χ3n) is 5.88. The van der Waals surface area contributed by atoms with Crippen molar-refractivity contribution in [2.75, 3.05) is 26.2 Å². The lowest BCUT2D eigenvalue weighted by Crippen LogP contribution is -2.38. The standard InChI is InChI=1S/C24H27N5O2/c1-3-28-13-14-29(24(31)22-10-12-26-27(22)2)17-21(23(28)30)15-18-6-8-19(9-7-18)20-5-4-11-25-16-20/h4-12,16,21H,3,13-15,17H2,1-2H3/t21-/m1/s1. The van der Waals surface area contributed by atoms with Crippen LogP contribution in [0.3, 0.4) is 0 Å². The molecule has 4 rings (SSSR count). The molecule has 0 aliphatic carbocycles. The van der Waals surface area contributed by atoms with E-state index in [9.17, 15) is 9.59 Å². The summed E-state index contributed by atoms with van der Waals surface area (Å²) >= 11 is 0. The fraction of sp³-hybridized carbons (Fsp3) is 0.333. The molecule has 1 fully saturated rings. The number of carbonyl (C=O) groups is 2. The van der Waals surface area contributed by atoms with E-state index in [1.807, 2.05) is 30.2 Å². The number of likely N-dealkylation sites (N-methyl/N-ethyl adjacent to an activating group) is 1. The summed E-state index contributed by atoms with van der Waals surface area (Å²) in [4.78, 5) is 34.0. The first-order chi connectivity index (χ1) is 15.1. The molecule has 0 radical (unpaired) electrons. The van der Waals surface area contributed by atoms with E-state index >= 15 is 0 Å². The maximum Gasteiger partial charge on any atom is 0.272 e. The number of benzene rings is 1. The minimum absolute atomic E-state index is 0.0809. The average molecular weight is 418 g/mol. The molecule has 1 aliphatic heterocycles. The molecule has 1 atom stereocenters. The number of rotatable bonds is 5. The second-order valence-electron chi connectivity index (χ2n) is 7.85. The predicted octanol–water partition coefficient (Wildman–Crippen LogP) is 2.65. The Kier molecular flexibility index (Phi) is 6.11. The molecule has 7 heteroatoms. The van der Waals surface area contributed by atoms with E-state index in [0.717, 1.165) is 16.7 Å². The van der Waals surface area contributed by atoms with Crippen LogP contribution in [0, 0.1) is 5.92 Å². The number of hydrogen-bond acceptors (Lipinski definition) is 4. The fourth-order valence-electron chi connectivity index (χ4n) is 4.09. The van der Waals surface area contributed by atoms with Crippen LogP contribution in [0.1, 0.15) is 23.0 Å². The van der Waals surface area contributed by atoms with Gasteiger partial charge in [0.1, 0.15) is 5.69 Å².